The molecule has 0 saturated heterocycles. The molecule has 3 rings (SSSR count). The largest absolute Gasteiger partial charge is 0.348 e. The van der Waals surface area contributed by atoms with Crippen LogP contribution < -0.4 is 5.48 Å². The molecule has 1 aromatic heterocycles. The number of hydroxylamine groups is 1. The summed E-state index contributed by atoms with van der Waals surface area (Å²) in [7, 11) is 0. The number of aromatic nitrogens is 1. The third-order valence-electron chi connectivity index (χ3n) is 4.00. The second-order valence-corrected chi connectivity index (χ2v) is 5.95. The molecule has 0 spiro atoms. The molecule has 0 saturated carbocycles. The van der Waals surface area contributed by atoms with E-state index >= 15 is 0 Å². The summed E-state index contributed by atoms with van der Waals surface area (Å²) in [6, 6.07) is 12.0. The zero-order valence-corrected chi connectivity index (χ0v) is 13.8. The van der Waals surface area contributed by atoms with Crippen LogP contribution in [0.5, 0.6) is 0 Å². The van der Waals surface area contributed by atoms with E-state index in [0.717, 1.165) is 18.7 Å². The number of hydrogen-bond acceptors (Lipinski definition) is 3. The SMILES string of the molecule is CCONC(=O)CN1CCn2cccc2C1c1ccc(Cl)cc1. The number of halogens is 1. The van der Waals surface area contributed by atoms with Crippen LogP contribution in [0.2, 0.25) is 5.02 Å². The molecule has 23 heavy (non-hydrogen) atoms. The van der Waals surface area contributed by atoms with Crippen LogP contribution in [-0.2, 0) is 16.2 Å². The fourth-order valence-electron chi connectivity index (χ4n) is 3.00. The van der Waals surface area contributed by atoms with Crippen molar-refractivity contribution in [1.29, 1.82) is 0 Å². The summed E-state index contributed by atoms with van der Waals surface area (Å²) in [6.45, 7) is 4.25. The Morgan fingerprint density at radius 1 is 1.30 bits per heavy atom. The molecule has 1 atom stereocenters. The molecular formula is C17H20ClN3O2. The molecule has 1 aromatic carbocycles. The predicted molar refractivity (Wildman–Crippen MR) is 89.1 cm³/mol. The minimum Gasteiger partial charge on any atom is -0.348 e. The van der Waals surface area contributed by atoms with Gasteiger partial charge in [-0.05, 0) is 36.8 Å². The first kappa shape index (κ1) is 16.1. The molecule has 1 N–H and O–H groups in total. The van der Waals surface area contributed by atoms with Crippen molar-refractivity contribution in [1.82, 2.24) is 14.9 Å². The monoisotopic (exact) mass is 333 g/mol. The van der Waals surface area contributed by atoms with E-state index < -0.39 is 0 Å². The Kier molecular flexibility index (Phi) is 5.00. The fourth-order valence-corrected chi connectivity index (χ4v) is 3.12. The highest BCUT2D eigenvalue weighted by molar-refractivity contribution is 6.30. The lowest BCUT2D eigenvalue weighted by Crippen LogP contribution is -2.44. The molecule has 1 unspecified atom stereocenters. The molecule has 122 valence electrons. The van der Waals surface area contributed by atoms with Crippen molar-refractivity contribution < 1.29 is 9.63 Å². The lowest BCUT2D eigenvalue weighted by atomic mass is 10.00. The normalized spacial score (nSPS) is 17.7. The summed E-state index contributed by atoms with van der Waals surface area (Å²) in [5.74, 6) is -0.134. The van der Waals surface area contributed by atoms with Gasteiger partial charge in [0.1, 0.15) is 0 Å². The number of nitrogens with one attached hydrogen (secondary N) is 1. The first-order valence-electron chi connectivity index (χ1n) is 7.74. The summed E-state index contributed by atoms with van der Waals surface area (Å²) in [5.41, 5.74) is 4.78. The van der Waals surface area contributed by atoms with Crippen LogP contribution in [0.25, 0.3) is 0 Å². The van der Waals surface area contributed by atoms with Gasteiger partial charge in [0, 0.05) is 30.0 Å². The summed E-state index contributed by atoms with van der Waals surface area (Å²) in [4.78, 5) is 19.2. The Hall–Kier alpha value is -1.82. The maximum Gasteiger partial charge on any atom is 0.257 e. The topological polar surface area (TPSA) is 46.5 Å². The van der Waals surface area contributed by atoms with E-state index in [1.165, 1.54) is 5.69 Å². The third-order valence-corrected chi connectivity index (χ3v) is 4.25. The number of carbonyl (C=O) groups excluding carboxylic acids is 1. The summed E-state index contributed by atoms with van der Waals surface area (Å²) >= 11 is 6.01. The molecule has 2 aromatic rings. The number of fused-ring (bicyclic) bond motifs is 1. The van der Waals surface area contributed by atoms with Crippen molar-refractivity contribution in [2.75, 3.05) is 19.7 Å². The van der Waals surface area contributed by atoms with Crippen LogP contribution in [0.1, 0.15) is 24.2 Å². The van der Waals surface area contributed by atoms with Crippen molar-refractivity contribution >= 4 is 17.5 Å². The molecule has 1 aliphatic heterocycles. The van der Waals surface area contributed by atoms with E-state index in [-0.39, 0.29) is 11.9 Å². The molecule has 6 heteroatoms. The van der Waals surface area contributed by atoms with E-state index in [4.69, 9.17) is 16.4 Å². The summed E-state index contributed by atoms with van der Waals surface area (Å²) < 4.78 is 2.23. The summed E-state index contributed by atoms with van der Waals surface area (Å²) in [5, 5.41) is 0.709. The van der Waals surface area contributed by atoms with Gasteiger partial charge in [0.05, 0.1) is 19.2 Å². The van der Waals surface area contributed by atoms with Gasteiger partial charge in [-0.2, -0.15) is 0 Å². The average Bonchev–Trinajstić information content (AvgIpc) is 3.02. The lowest BCUT2D eigenvalue weighted by Gasteiger charge is -2.36. The Bertz CT molecular complexity index is 669. The number of benzene rings is 1. The third kappa shape index (κ3) is 3.58. The zero-order chi connectivity index (χ0) is 16.2. The van der Waals surface area contributed by atoms with Crippen LogP contribution in [0.15, 0.2) is 42.6 Å². The van der Waals surface area contributed by atoms with Crippen LogP contribution in [0, 0.1) is 0 Å². The van der Waals surface area contributed by atoms with E-state index in [1.54, 1.807) is 0 Å². The number of amides is 1. The highest BCUT2D eigenvalue weighted by Gasteiger charge is 2.30. The summed E-state index contributed by atoms with van der Waals surface area (Å²) in [6.07, 6.45) is 2.08. The number of nitrogens with zero attached hydrogens (tertiary/aromatic N) is 2. The maximum absolute atomic E-state index is 12.0. The molecule has 0 aliphatic carbocycles. The van der Waals surface area contributed by atoms with Crippen molar-refractivity contribution in [2.24, 2.45) is 0 Å². The molecular weight excluding hydrogens is 314 g/mol. The smallest absolute Gasteiger partial charge is 0.257 e. The number of carbonyl (C=O) groups is 1. The molecule has 5 nitrogen and oxygen atoms in total. The van der Waals surface area contributed by atoms with Gasteiger partial charge in [-0.15, -0.1) is 0 Å². The van der Waals surface area contributed by atoms with Crippen molar-refractivity contribution in [3.63, 3.8) is 0 Å². The van der Waals surface area contributed by atoms with Gasteiger partial charge >= 0.3 is 0 Å². The van der Waals surface area contributed by atoms with Crippen LogP contribution in [0.3, 0.4) is 0 Å². The van der Waals surface area contributed by atoms with Crippen molar-refractivity contribution in [3.8, 4) is 0 Å². The van der Waals surface area contributed by atoms with Gasteiger partial charge in [-0.25, -0.2) is 5.48 Å². The van der Waals surface area contributed by atoms with E-state index in [1.807, 2.05) is 37.3 Å². The average molecular weight is 334 g/mol. The second-order valence-electron chi connectivity index (χ2n) is 5.51. The first-order valence-corrected chi connectivity index (χ1v) is 8.12. The first-order chi connectivity index (χ1) is 11.2. The minimum absolute atomic E-state index is 0.0309. The molecule has 0 radical (unpaired) electrons. The number of rotatable bonds is 5. The lowest BCUT2D eigenvalue weighted by molar-refractivity contribution is -0.135. The molecule has 0 bridgehead atoms. The van der Waals surface area contributed by atoms with Crippen molar-refractivity contribution in [2.45, 2.75) is 19.5 Å². The Balaban J connectivity index is 1.86. The molecule has 0 fully saturated rings. The standard InChI is InChI=1S/C17H20ClN3O2/c1-2-23-19-16(22)12-21-11-10-20-9-3-4-15(20)17(21)13-5-7-14(18)8-6-13/h3-9,17H,2,10-12H2,1H3,(H,19,22). The highest BCUT2D eigenvalue weighted by Crippen LogP contribution is 2.32. The quantitative estimate of drug-likeness (QED) is 0.856. The highest BCUT2D eigenvalue weighted by atomic mass is 35.5. The van der Waals surface area contributed by atoms with E-state index in [0.29, 0.717) is 18.2 Å². The Labute approximate surface area is 140 Å². The minimum atomic E-state index is -0.134. The Morgan fingerprint density at radius 3 is 2.83 bits per heavy atom. The fraction of sp³-hybridized carbons (Fsp3) is 0.353. The van der Waals surface area contributed by atoms with Gasteiger partial charge in [0.15, 0.2) is 0 Å². The van der Waals surface area contributed by atoms with E-state index in [2.05, 4.69) is 27.2 Å². The van der Waals surface area contributed by atoms with Crippen molar-refractivity contribution in [3.05, 3.63) is 58.9 Å². The van der Waals surface area contributed by atoms with Crippen LogP contribution in [0.4, 0.5) is 0 Å². The zero-order valence-electron chi connectivity index (χ0n) is 13.0. The van der Waals surface area contributed by atoms with Gasteiger partial charge in [0.25, 0.3) is 5.91 Å². The molecule has 1 aliphatic rings. The predicted octanol–water partition coefficient (Wildman–Crippen LogP) is 2.61. The molecule has 1 amide bonds. The van der Waals surface area contributed by atoms with Crippen LogP contribution in [-0.4, -0.2) is 35.1 Å². The van der Waals surface area contributed by atoms with Gasteiger partial charge in [-0.1, -0.05) is 23.7 Å². The van der Waals surface area contributed by atoms with Crippen LogP contribution >= 0.6 is 11.6 Å². The Morgan fingerprint density at radius 2 is 2.09 bits per heavy atom. The number of hydrogen-bond donors (Lipinski definition) is 1. The van der Waals surface area contributed by atoms with Gasteiger partial charge in [0.2, 0.25) is 0 Å². The maximum atomic E-state index is 12.0. The van der Waals surface area contributed by atoms with Gasteiger partial charge in [-0.3, -0.25) is 14.5 Å². The van der Waals surface area contributed by atoms with E-state index in [9.17, 15) is 4.79 Å². The second kappa shape index (κ2) is 7.17. The molecule has 2 heterocycles. The van der Waals surface area contributed by atoms with Gasteiger partial charge < -0.3 is 4.57 Å².